The molecule has 0 fully saturated rings. The van der Waals surface area contributed by atoms with E-state index in [1.54, 1.807) is 0 Å². The standard InChI is InChI=1S/C22H27N3O/c1-15(2)10-20-18(12-23)17-11-22(3,4)26-14-19(17)21(25-20)24-13-16-8-6-5-7-9-16/h5-9,15H,10-11,13-14H2,1-4H3,(H,24,25). The van der Waals surface area contributed by atoms with E-state index in [2.05, 4.69) is 51.2 Å². The summed E-state index contributed by atoms with van der Waals surface area (Å²) in [5.74, 6) is 1.30. The molecule has 0 aliphatic carbocycles. The van der Waals surface area contributed by atoms with Crippen LogP contribution in [0, 0.1) is 17.2 Å². The zero-order valence-electron chi connectivity index (χ0n) is 16.1. The van der Waals surface area contributed by atoms with E-state index in [4.69, 9.17) is 9.72 Å². The summed E-state index contributed by atoms with van der Waals surface area (Å²) < 4.78 is 6.02. The van der Waals surface area contributed by atoms with Crippen molar-refractivity contribution < 1.29 is 4.74 Å². The van der Waals surface area contributed by atoms with Crippen LogP contribution >= 0.6 is 0 Å². The number of anilines is 1. The molecule has 2 aromatic rings. The lowest BCUT2D eigenvalue weighted by Crippen LogP contribution is -2.33. The summed E-state index contributed by atoms with van der Waals surface area (Å²) in [6, 6.07) is 12.7. The first-order chi connectivity index (χ1) is 12.4. The Morgan fingerprint density at radius 2 is 1.96 bits per heavy atom. The Kier molecular flexibility index (Phi) is 5.29. The molecule has 4 nitrogen and oxygen atoms in total. The van der Waals surface area contributed by atoms with Gasteiger partial charge >= 0.3 is 0 Å². The Labute approximate surface area is 156 Å². The van der Waals surface area contributed by atoms with Crippen molar-refractivity contribution in [3.8, 4) is 6.07 Å². The third kappa shape index (κ3) is 4.05. The van der Waals surface area contributed by atoms with Crippen LogP contribution in [0.25, 0.3) is 0 Å². The topological polar surface area (TPSA) is 57.9 Å². The molecule has 26 heavy (non-hydrogen) atoms. The molecule has 1 aliphatic heterocycles. The SMILES string of the molecule is CC(C)Cc1nc(NCc2ccccc2)c2c(c1C#N)CC(C)(C)OC2. The van der Waals surface area contributed by atoms with E-state index in [1.165, 1.54) is 5.56 Å². The molecule has 1 aromatic carbocycles. The minimum atomic E-state index is -0.258. The zero-order valence-corrected chi connectivity index (χ0v) is 16.1. The average molecular weight is 349 g/mol. The van der Waals surface area contributed by atoms with Gasteiger partial charge in [-0.2, -0.15) is 5.26 Å². The van der Waals surface area contributed by atoms with Gasteiger partial charge in [0.25, 0.3) is 0 Å². The van der Waals surface area contributed by atoms with Crippen LogP contribution in [-0.2, 0) is 30.7 Å². The zero-order chi connectivity index (χ0) is 18.7. The highest BCUT2D eigenvalue weighted by molar-refractivity contribution is 5.58. The average Bonchev–Trinajstić information content (AvgIpc) is 2.59. The first-order valence-corrected chi connectivity index (χ1v) is 9.26. The molecular formula is C22H27N3O. The number of fused-ring (bicyclic) bond motifs is 1. The normalized spacial score (nSPS) is 15.4. The number of nitrogens with zero attached hydrogens (tertiary/aromatic N) is 2. The first-order valence-electron chi connectivity index (χ1n) is 9.26. The van der Waals surface area contributed by atoms with Gasteiger partial charge < -0.3 is 10.1 Å². The summed E-state index contributed by atoms with van der Waals surface area (Å²) in [5.41, 5.74) is 4.72. The van der Waals surface area contributed by atoms with Crippen molar-refractivity contribution in [3.05, 3.63) is 58.3 Å². The molecule has 1 aliphatic rings. The Morgan fingerprint density at radius 1 is 1.23 bits per heavy atom. The van der Waals surface area contributed by atoms with E-state index >= 15 is 0 Å². The van der Waals surface area contributed by atoms with Crippen LogP contribution in [0.15, 0.2) is 30.3 Å². The number of hydrogen-bond acceptors (Lipinski definition) is 4. The van der Waals surface area contributed by atoms with E-state index in [-0.39, 0.29) is 5.60 Å². The minimum absolute atomic E-state index is 0.258. The van der Waals surface area contributed by atoms with Gasteiger partial charge in [-0.15, -0.1) is 0 Å². The molecule has 3 rings (SSSR count). The maximum absolute atomic E-state index is 9.81. The monoisotopic (exact) mass is 349 g/mol. The minimum Gasteiger partial charge on any atom is -0.370 e. The van der Waals surface area contributed by atoms with E-state index in [9.17, 15) is 5.26 Å². The molecule has 2 heterocycles. The van der Waals surface area contributed by atoms with E-state index < -0.39 is 0 Å². The molecule has 0 radical (unpaired) electrons. The number of hydrogen-bond donors (Lipinski definition) is 1. The molecule has 1 aromatic heterocycles. The van der Waals surface area contributed by atoms with Crippen LogP contribution in [0.1, 0.15) is 55.6 Å². The molecule has 0 spiro atoms. The molecular weight excluding hydrogens is 322 g/mol. The maximum atomic E-state index is 9.81. The summed E-state index contributed by atoms with van der Waals surface area (Å²) in [5, 5.41) is 13.3. The lowest BCUT2D eigenvalue weighted by Gasteiger charge is -2.34. The van der Waals surface area contributed by atoms with E-state index in [1.807, 2.05) is 18.2 Å². The third-order valence-corrected chi connectivity index (χ3v) is 4.71. The van der Waals surface area contributed by atoms with Gasteiger partial charge in [-0.3, -0.25) is 0 Å². The second-order valence-corrected chi connectivity index (χ2v) is 8.01. The van der Waals surface area contributed by atoms with Gasteiger partial charge in [-0.25, -0.2) is 4.98 Å². The fourth-order valence-corrected chi connectivity index (χ4v) is 3.42. The van der Waals surface area contributed by atoms with Gasteiger partial charge in [0, 0.05) is 18.5 Å². The first kappa shape index (κ1) is 18.4. The third-order valence-electron chi connectivity index (χ3n) is 4.71. The fourth-order valence-electron chi connectivity index (χ4n) is 3.42. The van der Waals surface area contributed by atoms with Gasteiger partial charge in [0.05, 0.1) is 23.5 Å². The Bertz CT molecular complexity index is 820. The van der Waals surface area contributed by atoms with Gasteiger partial charge in [0.2, 0.25) is 0 Å². The molecule has 136 valence electrons. The second kappa shape index (κ2) is 7.47. The molecule has 0 saturated heterocycles. The summed E-state index contributed by atoms with van der Waals surface area (Å²) in [4.78, 5) is 4.85. The summed E-state index contributed by atoms with van der Waals surface area (Å²) >= 11 is 0. The summed E-state index contributed by atoms with van der Waals surface area (Å²) in [7, 11) is 0. The van der Waals surface area contributed by atoms with Crippen molar-refractivity contribution in [3.63, 3.8) is 0 Å². The lowest BCUT2D eigenvalue weighted by atomic mass is 9.87. The van der Waals surface area contributed by atoms with Crippen molar-refractivity contribution in [1.29, 1.82) is 5.26 Å². The van der Waals surface area contributed by atoms with Crippen LogP contribution in [-0.4, -0.2) is 10.6 Å². The molecule has 4 heteroatoms. The van der Waals surface area contributed by atoms with E-state index in [0.717, 1.165) is 41.0 Å². The number of aromatic nitrogens is 1. The lowest BCUT2D eigenvalue weighted by molar-refractivity contribution is -0.0400. The second-order valence-electron chi connectivity index (χ2n) is 8.01. The highest BCUT2D eigenvalue weighted by Crippen LogP contribution is 2.35. The molecule has 0 atom stereocenters. The highest BCUT2D eigenvalue weighted by Gasteiger charge is 2.31. The number of pyridine rings is 1. The molecule has 0 unspecified atom stereocenters. The Hall–Kier alpha value is -2.38. The number of nitrogens with one attached hydrogen (secondary N) is 1. The van der Waals surface area contributed by atoms with Crippen LogP contribution < -0.4 is 5.32 Å². The Morgan fingerprint density at radius 3 is 2.62 bits per heavy atom. The van der Waals surface area contributed by atoms with Gasteiger partial charge in [0.1, 0.15) is 11.9 Å². The van der Waals surface area contributed by atoms with Crippen molar-refractivity contribution in [2.75, 3.05) is 5.32 Å². The predicted molar refractivity (Wildman–Crippen MR) is 104 cm³/mol. The molecule has 1 N–H and O–H groups in total. The van der Waals surface area contributed by atoms with Crippen LogP contribution in [0.3, 0.4) is 0 Å². The molecule has 0 bridgehead atoms. The number of benzene rings is 1. The smallest absolute Gasteiger partial charge is 0.132 e. The van der Waals surface area contributed by atoms with Crippen molar-refractivity contribution in [2.45, 2.75) is 59.3 Å². The number of nitriles is 1. The van der Waals surface area contributed by atoms with Crippen molar-refractivity contribution >= 4 is 5.82 Å². The largest absolute Gasteiger partial charge is 0.370 e. The van der Waals surface area contributed by atoms with Crippen molar-refractivity contribution in [1.82, 2.24) is 4.98 Å². The number of ether oxygens (including phenoxy) is 1. The van der Waals surface area contributed by atoms with Gasteiger partial charge in [0.15, 0.2) is 0 Å². The summed E-state index contributed by atoms with van der Waals surface area (Å²) in [6.45, 7) is 9.67. The Balaban J connectivity index is 2.01. The maximum Gasteiger partial charge on any atom is 0.132 e. The van der Waals surface area contributed by atoms with Crippen LogP contribution in [0.5, 0.6) is 0 Å². The fraction of sp³-hybridized carbons (Fsp3) is 0.455. The quantitative estimate of drug-likeness (QED) is 0.856. The van der Waals surface area contributed by atoms with E-state index in [0.29, 0.717) is 19.1 Å². The van der Waals surface area contributed by atoms with Gasteiger partial charge in [-0.1, -0.05) is 44.2 Å². The van der Waals surface area contributed by atoms with Crippen LogP contribution in [0.2, 0.25) is 0 Å². The summed E-state index contributed by atoms with van der Waals surface area (Å²) in [6.07, 6.45) is 1.54. The molecule has 0 amide bonds. The van der Waals surface area contributed by atoms with Crippen LogP contribution in [0.4, 0.5) is 5.82 Å². The number of rotatable bonds is 5. The predicted octanol–water partition coefficient (Wildman–Crippen LogP) is 4.62. The highest BCUT2D eigenvalue weighted by atomic mass is 16.5. The van der Waals surface area contributed by atoms with Crippen molar-refractivity contribution in [2.24, 2.45) is 5.92 Å². The van der Waals surface area contributed by atoms with Gasteiger partial charge in [-0.05, 0) is 37.3 Å². The molecule has 0 saturated carbocycles.